The average molecular weight is 242 g/mol. The number of anilines is 1. The van der Waals surface area contributed by atoms with Crippen LogP contribution >= 0.6 is 11.6 Å². The van der Waals surface area contributed by atoms with E-state index in [1.165, 1.54) is 19.4 Å². The average Bonchev–Trinajstić information content (AvgIpc) is 2.25. The predicted octanol–water partition coefficient (Wildman–Crippen LogP) is 2.33. The van der Waals surface area contributed by atoms with Gasteiger partial charge in [-0.2, -0.15) is 5.10 Å². The van der Waals surface area contributed by atoms with Crippen molar-refractivity contribution in [2.75, 3.05) is 12.5 Å². The normalized spacial score (nSPS) is 9.50. The van der Waals surface area contributed by atoms with Crippen molar-refractivity contribution in [3.8, 4) is 0 Å². The summed E-state index contributed by atoms with van der Waals surface area (Å²) in [5, 5.41) is 4.26. The second-order valence-corrected chi connectivity index (χ2v) is 3.60. The first-order valence-corrected chi connectivity index (χ1v) is 4.93. The highest BCUT2D eigenvalue weighted by molar-refractivity contribution is 6.29. The maximum Gasteiger partial charge on any atom is 0.341 e. The standard InChI is InChI=1S/C10H12ClN3O2/c1-6(2)13-14-8-4-9(11)12-5-7(8)10(15)16-3/h4-5H,1-3H3,(H,12,14). The number of hydrazone groups is 1. The summed E-state index contributed by atoms with van der Waals surface area (Å²) in [6.07, 6.45) is 1.34. The minimum absolute atomic E-state index is 0.277. The lowest BCUT2D eigenvalue weighted by Gasteiger charge is -2.07. The molecule has 0 aliphatic carbocycles. The summed E-state index contributed by atoms with van der Waals surface area (Å²) >= 11 is 5.73. The Bertz CT molecular complexity index is 428. The van der Waals surface area contributed by atoms with Crippen LogP contribution in [0.25, 0.3) is 0 Å². The van der Waals surface area contributed by atoms with Gasteiger partial charge in [0.25, 0.3) is 0 Å². The van der Waals surface area contributed by atoms with E-state index in [0.29, 0.717) is 5.69 Å². The van der Waals surface area contributed by atoms with Gasteiger partial charge in [-0.05, 0) is 13.8 Å². The van der Waals surface area contributed by atoms with Gasteiger partial charge in [0, 0.05) is 18.0 Å². The van der Waals surface area contributed by atoms with Gasteiger partial charge in [-0.15, -0.1) is 0 Å². The smallest absolute Gasteiger partial charge is 0.341 e. The number of halogens is 1. The second-order valence-electron chi connectivity index (χ2n) is 3.22. The van der Waals surface area contributed by atoms with Crippen molar-refractivity contribution >= 4 is 29.0 Å². The minimum Gasteiger partial charge on any atom is -0.465 e. The van der Waals surface area contributed by atoms with Crippen LogP contribution in [0.15, 0.2) is 17.4 Å². The first-order chi connectivity index (χ1) is 7.54. The van der Waals surface area contributed by atoms with Gasteiger partial charge in [0.1, 0.15) is 10.7 Å². The number of carbonyl (C=O) groups is 1. The van der Waals surface area contributed by atoms with Crippen LogP contribution in [0.1, 0.15) is 24.2 Å². The van der Waals surface area contributed by atoms with Crippen molar-refractivity contribution in [1.29, 1.82) is 0 Å². The zero-order valence-corrected chi connectivity index (χ0v) is 10.00. The van der Waals surface area contributed by atoms with E-state index in [1.807, 2.05) is 13.8 Å². The number of ether oxygens (including phenoxy) is 1. The molecule has 0 bridgehead atoms. The highest BCUT2D eigenvalue weighted by Gasteiger charge is 2.12. The van der Waals surface area contributed by atoms with Crippen LogP contribution in [0.5, 0.6) is 0 Å². The molecular formula is C10H12ClN3O2. The molecule has 0 saturated carbocycles. The number of esters is 1. The molecule has 0 atom stereocenters. The molecule has 1 rings (SSSR count). The second kappa shape index (κ2) is 5.46. The number of hydrogen-bond acceptors (Lipinski definition) is 5. The Labute approximate surface area is 98.5 Å². The van der Waals surface area contributed by atoms with E-state index in [9.17, 15) is 4.79 Å². The van der Waals surface area contributed by atoms with Crippen molar-refractivity contribution in [2.45, 2.75) is 13.8 Å². The quantitative estimate of drug-likeness (QED) is 0.382. The molecule has 1 N–H and O–H groups in total. The zero-order chi connectivity index (χ0) is 12.1. The zero-order valence-electron chi connectivity index (χ0n) is 9.24. The Kier molecular flexibility index (Phi) is 4.25. The van der Waals surface area contributed by atoms with Crippen molar-refractivity contribution in [1.82, 2.24) is 4.98 Å². The maximum atomic E-state index is 11.4. The highest BCUT2D eigenvalue weighted by Crippen LogP contribution is 2.19. The summed E-state index contributed by atoms with van der Waals surface area (Å²) < 4.78 is 4.61. The maximum absolute atomic E-state index is 11.4. The molecule has 1 heterocycles. The summed E-state index contributed by atoms with van der Waals surface area (Å²) in [7, 11) is 1.30. The molecular weight excluding hydrogens is 230 g/mol. The lowest BCUT2D eigenvalue weighted by atomic mass is 10.2. The van der Waals surface area contributed by atoms with Gasteiger partial charge in [-0.3, -0.25) is 5.43 Å². The Morgan fingerprint density at radius 1 is 1.56 bits per heavy atom. The number of carbonyl (C=O) groups excluding carboxylic acids is 1. The number of rotatable bonds is 3. The molecule has 0 radical (unpaired) electrons. The number of nitrogens with one attached hydrogen (secondary N) is 1. The lowest BCUT2D eigenvalue weighted by molar-refractivity contribution is 0.0601. The molecule has 5 nitrogen and oxygen atoms in total. The molecule has 0 unspecified atom stereocenters. The predicted molar refractivity (Wildman–Crippen MR) is 63.0 cm³/mol. The van der Waals surface area contributed by atoms with Crippen molar-refractivity contribution < 1.29 is 9.53 Å². The molecule has 86 valence electrons. The fourth-order valence-electron chi connectivity index (χ4n) is 0.967. The Morgan fingerprint density at radius 2 is 2.25 bits per heavy atom. The van der Waals surface area contributed by atoms with Gasteiger partial charge in [0.2, 0.25) is 0 Å². The molecule has 1 aromatic heterocycles. The van der Waals surface area contributed by atoms with E-state index < -0.39 is 5.97 Å². The molecule has 0 aromatic carbocycles. The number of nitrogens with zero attached hydrogens (tertiary/aromatic N) is 2. The summed E-state index contributed by atoms with van der Waals surface area (Å²) in [5.41, 5.74) is 4.31. The summed E-state index contributed by atoms with van der Waals surface area (Å²) in [4.78, 5) is 15.2. The van der Waals surface area contributed by atoms with Gasteiger partial charge in [-0.1, -0.05) is 11.6 Å². The largest absolute Gasteiger partial charge is 0.465 e. The Morgan fingerprint density at radius 3 is 2.81 bits per heavy atom. The molecule has 0 aliphatic heterocycles. The third-order valence-corrected chi connectivity index (χ3v) is 1.88. The fraction of sp³-hybridized carbons (Fsp3) is 0.300. The van der Waals surface area contributed by atoms with Gasteiger partial charge < -0.3 is 4.74 Å². The molecule has 0 saturated heterocycles. The van der Waals surface area contributed by atoms with E-state index in [-0.39, 0.29) is 10.7 Å². The van der Waals surface area contributed by atoms with Crippen LogP contribution < -0.4 is 5.43 Å². The number of aromatic nitrogens is 1. The summed E-state index contributed by atoms with van der Waals surface area (Å²) in [5.74, 6) is -0.490. The SMILES string of the molecule is COC(=O)c1cnc(Cl)cc1NN=C(C)C. The Hall–Kier alpha value is -1.62. The topological polar surface area (TPSA) is 63.6 Å². The van der Waals surface area contributed by atoms with Crippen LogP contribution in [0.2, 0.25) is 5.15 Å². The van der Waals surface area contributed by atoms with Gasteiger partial charge in [-0.25, -0.2) is 9.78 Å². The van der Waals surface area contributed by atoms with E-state index in [0.717, 1.165) is 5.71 Å². The van der Waals surface area contributed by atoms with Gasteiger partial charge in [0.05, 0.1) is 12.8 Å². The molecule has 0 spiro atoms. The van der Waals surface area contributed by atoms with Crippen LogP contribution in [0, 0.1) is 0 Å². The van der Waals surface area contributed by atoms with Gasteiger partial charge in [0.15, 0.2) is 0 Å². The van der Waals surface area contributed by atoms with Crippen LogP contribution in [-0.2, 0) is 4.74 Å². The summed E-state index contributed by atoms with van der Waals surface area (Å²) in [6.45, 7) is 3.65. The minimum atomic E-state index is -0.490. The van der Waals surface area contributed by atoms with E-state index >= 15 is 0 Å². The first kappa shape index (κ1) is 12.4. The monoisotopic (exact) mass is 241 g/mol. The number of pyridine rings is 1. The molecule has 16 heavy (non-hydrogen) atoms. The highest BCUT2D eigenvalue weighted by atomic mass is 35.5. The van der Waals surface area contributed by atoms with Crippen LogP contribution in [0.4, 0.5) is 5.69 Å². The lowest BCUT2D eigenvalue weighted by Crippen LogP contribution is -2.06. The summed E-state index contributed by atoms with van der Waals surface area (Å²) in [6, 6.07) is 1.51. The van der Waals surface area contributed by atoms with Crippen molar-refractivity contribution in [3.63, 3.8) is 0 Å². The Balaban J connectivity index is 3.08. The van der Waals surface area contributed by atoms with E-state index in [1.54, 1.807) is 0 Å². The number of methoxy groups -OCH3 is 1. The molecule has 0 fully saturated rings. The fourth-order valence-corrected chi connectivity index (χ4v) is 1.12. The number of hydrogen-bond donors (Lipinski definition) is 1. The first-order valence-electron chi connectivity index (χ1n) is 4.55. The molecule has 1 aromatic rings. The third kappa shape index (κ3) is 3.20. The molecule has 0 aliphatic rings. The van der Waals surface area contributed by atoms with E-state index in [2.05, 4.69) is 20.2 Å². The van der Waals surface area contributed by atoms with Crippen LogP contribution in [0.3, 0.4) is 0 Å². The van der Waals surface area contributed by atoms with E-state index in [4.69, 9.17) is 11.6 Å². The van der Waals surface area contributed by atoms with Crippen molar-refractivity contribution in [2.24, 2.45) is 5.10 Å². The molecule has 6 heteroatoms. The van der Waals surface area contributed by atoms with Gasteiger partial charge >= 0.3 is 5.97 Å². The van der Waals surface area contributed by atoms with Crippen molar-refractivity contribution in [3.05, 3.63) is 23.0 Å². The third-order valence-electron chi connectivity index (χ3n) is 1.68. The molecule has 0 amide bonds. The van der Waals surface area contributed by atoms with Crippen LogP contribution in [-0.4, -0.2) is 23.8 Å².